The first kappa shape index (κ1) is 8.72. The SMILES string of the molecule is O=C(O)[C@@H]1C[C@@H](O[N+](=O)[O-])CN1. The third-order valence-corrected chi connectivity index (χ3v) is 1.62. The van der Waals surface area contributed by atoms with Crippen molar-refractivity contribution in [3.05, 3.63) is 10.1 Å². The Balaban J connectivity index is 2.35. The lowest BCUT2D eigenvalue weighted by Crippen LogP contribution is -2.30. The molecule has 0 saturated carbocycles. The summed E-state index contributed by atoms with van der Waals surface area (Å²) in [5, 5.41) is 20.0. The second kappa shape index (κ2) is 3.35. The van der Waals surface area contributed by atoms with Crippen molar-refractivity contribution in [3.8, 4) is 0 Å². The lowest BCUT2D eigenvalue weighted by Gasteiger charge is -2.03. The minimum atomic E-state index is -1.01. The van der Waals surface area contributed by atoms with Gasteiger partial charge in [-0.2, -0.15) is 0 Å². The Hall–Kier alpha value is -1.37. The van der Waals surface area contributed by atoms with E-state index in [0.29, 0.717) is 0 Å². The Labute approximate surface area is 67.4 Å². The molecule has 1 saturated heterocycles. The van der Waals surface area contributed by atoms with Crippen molar-refractivity contribution in [2.24, 2.45) is 0 Å². The third kappa shape index (κ3) is 2.06. The molecule has 7 nitrogen and oxygen atoms in total. The van der Waals surface area contributed by atoms with Crippen molar-refractivity contribution in [1.82, 2.24) is 5.32 Å². The molecule has 68 valence electrons. The van der Waals surface area contributed by atoms with Gasteiger partial charge in [0, 0.05) is 13.0 Å². The Morgan fingerprint density at radius 2 is 2.42 bits per heavy atom. The van der Waals surface area contributed by atoms with E-state index in [9.17, 15) is 14.9 Å². The van der Waals surface area contributed by atoms with E-state index in [0.717, 1.165) is 0 Å². The molecule has 1 heterocycles. The predicted molar refractivity (Wildman–Crippen MR) is 35.9 cm³/mol. The van der Waals surface area contributed by atoms with Crippen LogP contribution in [0, 0.1) is 10.1 Å². The highest BCUT2D eigenvalue weighted by Gasteiger charge is 2.31. The van der Waals surface area contributed by atoms with Crippen LogP contribution < -0.4 is 5.32 Å². The van der Waals surface area contributed by atoms with E-state index in [2.05, 4.69) is 10.2 Å². The van der Waals surface area contributed by atoms with Crippen LogP contribution in [-0.4, -0.2) is 34.9 Å². The second-order valence-corrected chi connectivity index (χ2v) is 2.49. The summed E-state index contributed by atoms with van der Waals surface area (Å²) < 4.78 is 0. The molecule has 0 spiro atoms. The standard InChI is InChI=1S/C5H8N2O5/c8-5(9)4-1-3(2-6-4)12-7(10)11/h3-4,6H,1-2H2,(H,8,9)/t3-,4+/m1/s1. The molecule has 0 aliphatic carbocycles. The molecule has 2 atom stereocenters. The summed E-state index contributed by atoms with van der Waals surface area (Å²) in [5.41, 5.74) is 0. The molecular weight excluding hydrogens is 168 g/mol. The highest BCUT2D eigenvalue weighted by molar-refractivity contribution is 5.73. The summed E-state index contributed by atoms with van der Waals surface area (Å²) in [4.78, 5) is 24.4. The number of hydrogen-bond acceptors (Lipinski definition) is 5. The van der Waals surface area contributed by atoms with Gasteiger partial charge in [-0.3, -0.25) is 4.79 Å². The van der Waals surface area contributed by atoms with Crippen LogP contribution in [0.1, 0.15) is 6.42 Å². The highest BCUT2D eigenvalue weighted by atomic mass is 17.0. The number of carboxylic acid groups (broad SMARTS) is 1. The molecule has 1 fully saturated rings. The molecule has 0 amide bonds. The van der Waals surface area contributed by atoms with Crippen molar-refractivity contribution < 1.29 is 19.8 Å². The molecule has 0 bridgehead atoms. The van der Waals surface area contributed by atoms with Gasteiger partial charge < -0.3 is 15.3 Å². The van der Waals surface area contributed by atoms with Crippen molar-refractivity contribution in [2.75, 3.05) is 6.54 Å². The first-order valence-electron chi connectivity index (χ1n) is 3.37. The number of rotatable bonds is 3. The fourth-order valence-electron chi connectivity index (χ4n) is 1.09. The Bertz CT molecular complexity index is 206. The van der Waals surface area contributed by atoms with Crippen molar-refractivity contribution in [2.45, 2.75) is 18.6 Å². The van der Waals surface area contributed by atoms with E-state index < -0.39 is 23.2 Å². The van der Waals surface area contributed by atoms with Gasteiger partial charge in [-0.05, 0) is 0 Å². The lowest BCUT2D eigenvalue weighted by atomic mass is 10.2. The van der Waals surface area contributed by atoms with Crippen LogP contribution >= 0.6 is 0 Å². The normalized spacial score (nSPS) is 28.3. The van der Waals surface area contributed by atoms with Crippen molar-refractivity contribution >= 4 is 5.97 Å². The number of nitrogens with zero attached hydrogens (tertiary/aromatic N) is 1. The summed E-state index contributed by atoms with van der Waals surface area (Å²) in [7, 11) is 0. The van der Waals surface area contributed by atoms with Gasteiger partial charge in [0.25, 0.3) is 5.09 Å². The Morgan fingerprint density at radius 3 is 2.83 bits per heavy atom. The number of hydrogen-bond donors (Lipinski definition) is 2. The van der Waals surface area contributed by atoms with Gasteiger partial charge in [0.1, 0.15) is 12.1 Å². The maximum absolute atomic E-state index is 10.3. The van der Waals surface area contributed by atoms with Gasteiger partial charge >= 0.3 is 5.97 Å². The molecular formula is C5H8N2O5. The second-order valence-electron chi connectivity index (χ2n) is 2.49. The van der Waals surface area contributed by atoms with E-state index >= 15 is 0 Å². The fraction of sp³-hybridized carbons (Fsp3) is 0.800. The van der Waals surface area contributed by atoms with Gasteiger partial charge in [0.15, 0.2) is 0 Å². The zero-order valence-corrected chi connectivity index (χ0v) is 6.10. The minimum absolute atomic E-state index is 0.135. The van der Waals surface area contributed by atoms with Crippen molar-refractivity contribution in [1.29, 1.82) is 0 Å². The maximum Gasteiger partial charge on any atom is 0.320 e. The summed E-state index contributed by atoms with van der Waals surface area (Å²) in [6.07, 6.45) is -0.503. The number of carboxylic acids is 1. The largest absolute Gasteiger partial charge is 0.480 e. The van der Waals surface area contributed by atoms with E-state index in [1.165, 1.54) is 0 Å². The van der Waals surface area contributed by atoms with Crippen LogP contribution in [0.25, 0.3) is 0 Å². The summed E-state index contributed by atoms with van der Waals surface area (Å²) >= 11 is 0. The zero-order chi connectivity index (χ0) is 9.14. The molecule has 7 heteroatoms. The number of nitrogens with one attached hydrogen (secondary N) is 1. The van der Waals surface area contributed by atoms with Crippen molar-refractivity contribution in [3.63, 3.8) is 0 Å². The monoisotopic (exact) mass is 176 g/mol. The Kier molecular flexibility index (Phi) is 2.44. The number of aliphatic carboxylic acids is 1. The summed E-state index contributed by atoms with van der Waals surface area (Å²) in [5.74, 6) is -1.01. The molecule has 1 aliphatic heterocycles. The van der Waals surface area contributed by atoms with E-state index in [1.54, 1.807) is 0 Å². The van der Waals surface area contributed by atoms with E-state index in [-0.39, 0.29) is 13.0 Å². The predicted octanol–water partition coefficient (Wildman–Crippen LogP) is -0.990. The van der Waals surface area contributed by atoms with Crippen LogP contribution in [0.3, 0.4) is 0 Å². The first-order valence-corrected chi connectivity index (χ1v) is 3.37. The minimum Gasteiger partial charge on any atom is -0.480 e. The third-order valence-electron chi connectivity index (χ3n) is 1.62. The average Bonchev–Trinajstić information content (AvgIpc) is 2.34. The summed E-state index contributed by atoms with van der Waals surface area (Å²) in [6.45, 7) is 0.206. The molecule has 0 aromatic rings. The van der Waals surface area contributed by atoms with Gasteiger partial charge in [-0.1, -0.05) is 0 Å². The van der Waals surface area contributed by atoms with Crippen LogP contribution in [0.2, 0.25) is 0 Å². The smallest absolute Gasteiger partial charge is 0.320 e. The molecule has 0 aromatic heterocycles. The zero-order valence-electron chi connectivity index (χ0n) is 6.10. The fourth-order valence-corrected chi connectivity index (χ4v) is 1.09. The molecule has 12 heavy (non-hydrogen) atoms. The first-order chi connectivity index (χ1) is 5.59. The van der Waals surface area contributed by atoms with E-state index in [1.807, 2.05) is 0 Å². The van der Waals surface area contributed by atoms with Gasteiger partial charge in [-0.15, -0.1) is 10.1 Å². The van der Waals surface area contributed by atoms with Gasteiger partial charge in [-0.25, -0.2) is 0 Å². The van der Waals surface area contributed by atoms with Crippen LogP contribution in [-0.2, 0) is 9.63 Å². The van der Waals surface area contributed by atoms with Gasteiger partial charge in [0.2, 0.25) is 0 Å². The molecule has 0 radical (unpaired) electrons. The Morgan fingerprint density at radius 1 is 1.75 bits per heavy atom. The number of carbonyl (C=O) groups is 1. The van der Waals surface area contributed by atoms with E-state index in [4.69, 9.17) is 5.11 Å². The molecule has 0 unspecified atom stereocenters. The quantitative estimate of drug-likeness (QED) is 0.423. The van der Waals surface area contributed by atoms with Crippen LogP contribution in [0.4, 0.5) is 0 Å². The summed E-state index contributed by atoms with van der Waals surface area (Å²) in [6, 6.07) is -0.727. The molecule has 1 rings (SSSR count). The van der Waals surface area contributed by atoms with Gasteiger partial charge in [0.05, 0.1) is 0 Å². The lowest BCUT2D eigenvalue weighted by molar-refractivity contribution is -0.767. The molecule has 0 aromatic carbocycles. The van der Waals surface area contributed by atoms with Crippen LogP contribution in [0.5, 0.6) is 0 Å². The maximum atomic E-state index is 10.3. The topological polar surface area (TPSA) is 102 Å². The average molecular weight is 176 g/mol. The molecule has 1 aliphatic rings. The van der Waals surface area contributed by atoms with Crippen LogP contribution in [0.15, 0.2) is 0 Å². The molecule has 2 N–H and O–H groups in total. The highest BCUT2D eigenvalue weighted by Crippen LogP contribution is 2.10.